The second-order valence-electron chi connectivity index (χ2n) is 9.07. The Morgan fingerprint density at radius 1 is 1.15 bits per heavy atom. The van der Waals surface area contributed by atoms with Gasteiger partial charge in [-0.05, 0) is 43.5 Å². The molecule has 172 valence electrons. The maximum Gasteiger partial charge on any atom is 0.162 e. The van der Waals surface area contributed by atoms with Gasteiger partial charge in [-0.2, -0.15) is 0 Å². The zero-order valence-electron chi connectivity index (χ0n) is 18.7. The molecule has 2 N–H and O–H groups in total. The molecule has 0 amide bonds. The minimum Gasteiger partial charge on any atom is -0.396 e. The van der Waals surface area contributed by atoms with Crippen LogP contribution in [0.2, 0.25) is 0 Å². The number of benzene rings is 1. The van der Waals surface area contributed by atoms with Gasteiger partial charge in [-0.1, -0.05) is 12.1 Å². The topological polar surface area (TPSA) is 77.5 Å². The average molecular weight is 464 g/mol. The highest BCUT2D eigenvalue weighted by molar-refractivity contribution is 7.19. The molecule has 2 aliphatic rings. The lowest BCUT2D eigenvalue weighted by molar-refractivity contribution is 0.116. The van der Waals surface area contributed by atoms with Crippen molar-refractivity contribution < 1.29 is 9.84 Å². The van der Waals surface area contributed by atoms with Gasteiger partial charge in [0.2, 0.25) is 0 Å². The van der Waals surface area contributed by atoms with Crippen molar-refractivity contribution in [3.63, 3.8) is 0 Å². The average Bonchev–Trinajstić information content (AvgIpc) is 3.50. The molecule has 4 aromatic rings. The highest BCUT2D eigenvalue weighted by Gasteiger charge is 2.23. The van der Waals surface area contributed by atoms with Crippen LogP contribution >= 0.6 is 11.3 Å². The number of ether oxygens (including phenoxy) is 1. The van der Waals surface area contributed by atoms with E-state index in [9.17, 15) is 5.11 Å². The van der Waals surface area contributed by atoms with Crippen LogP contribution in [-0.2, 0) is 11.3 Å². The third-order valence-corrected chi connectivity index (χ3v) is 7.90. The Bertz CT molecular complexity index is 1260. The van der Waals surface area contributed by atoms with Crippen LogP contribution in [0.25, 0.3) is 32.5 Å². The van der Waals surface area contributed by atoms with Gasteiger partial charge in [-0.15, -0.1) is 11.3 Å². The molecule has 5 heterocycles. The first-order chi connectivity index (χ1) is 16.3. The molecule has 6 rings (SSSR count). The number of nitrogens with zero attached hydrogens (tertiary/aromatic N) is 4. The zero-order chi connectivity index (χ0) is 22.2. The van der Waals surface area contributed by atoms with Gasteiger partial charge in [0.05, 0.1) is 23.4 Å². The Morgan fingerprint density at radius 3 is 2.94 bits per heavy atom. The van der Waals surface area contributed by atoms with Crippen LogP contribution in [-0.4, -0.2) is 71.0 Å². The summed E-state index contributed by atoms with van der Waals surface area (Å²) in [5.74, 6) is 2.19. The molecule has 1 atom stereocenters. The first-order valence-electron chi connectivity index (χ1n) is 11.8. The highest BCUT2D eigenvalue weighted by atomic mass is 32.1. The Balaban J connectivity index is 1.42. The molecule has 2 fully saturated rings. The van der Waals surface area contributed by atoms with E-state index in [0.29, 0.717) is 5.92 Å². The summed E-state index contributed by atoms with van der Waals surface area (Å²) in [7, 11) is 0. The number of hydrogen-bond donors (Lipinski definition) is 2. The number of rotatable bonds is 5. The number of fused-ring (bicyclic) bond motifs is 2. The highest BCUT2D eigenvalue weighted by Crippen LogP contribution is 2.36. The van der Waals surface area contributed by atoms with Crippen molar-refractivity contribution in [2.75, 3.05) is 50.9 Å². The molecule has 1 aromatic carbocycles. The fourth-order valence-electron chi connectivity index (χ4n) is 5.10. The van der Waals surface area contributed by atoms with Gasteiger partial charge >= 0.3 is 0 Å². The van der Waals surface area contributed by atoms with Gasteiger partial charge in [0.25, 0.3) is 0 Å². The van der Waals surface area contributed by atoms with Crippen LogP contribution in [0.5, 0.6) is 0 Å². The number of piperidine rings is 1. The summed E-state index contributed by atoms with van der Waals surface area (Å²) < 4.78 is 6.77. The molecule has 3 aromatic heterocycles. The van der Waals surface area contributed by atoms with Gasteiger partial charge in [0.15, 0.2) is 11.6 Å². The van der Waals surface area contributed by atoms with Gasteiger partial charge in [0, 0.05) is 60.3 Å². The molecular formula is C25H29N5O2S. The predicted octanol–water partition coefficient (Wildman–Crippen LogP) is 3.88. The molecule has 33 heavy (non-hydrogen) atoms. The van der Waals surface area contributed by atoms with E-state index in [-0.39, 0.29) is 6.61 Å². The van der Waals surface area contributed by atoms with E-state index >= 15 is 0 Å². The Labute approximate surface area is 197 Å². The first kappa shape index (κ1) is 21.0. The van der Waals surface area contributed by atoms with E-state index in [1.807, 2.05) is 17.5 Å². The number of likely N-dealkylation sites (tertiary alicyclic amines) is 1. The van der Waals surface area contributed by atoms with E-state index in [4.69, 9.17) is 14.7 Å². The second kappa shape index (κ2) is 9.02. The van der Waals surface area contributed by atoms with Crippen molar-refractivity contribution in [2.45, 2.75) is 19.4 Å². The molecule has 1 unspecified atom stereocenters. The van der Waals surface area contributed by atoms with Crippen LogP contribution in [0.3, 0.4) is 0 Å². The summed E-state index contributed by atoms with van der Waals surface area (Å²) in [6.07, 6.45) is 4.25. The van der Waals surface area contributed by atoms with Gasteiger partial charge in [0.1, 0.15) is 0 Å². The molecule has 7 nitrogen and oxygen atoms in total. The number of aromatic nitrogens is 3. The smallest absolute Gasteiger partial charge is 0.162 e. The number of H-pyrrole nitrogens is 1. The number of aromatic amines is 1. The lowest BCUT2D eigenvalue weighted by Crippen LogP contribution is -2.36. The third-order valence-electron chi connectivity index (χ3n) is 6.79. The quantitative estimate of drug-likeness (QED) is 0.468. The van der Waals surface area contributed by atoms with Crippen molar-refractivity contribution in [1.29, 1.82) is 0 Å². The standard InChI is InChI=1S/C25H29N5O2S/c31-16-17-3-2-8-29(14-17)15-18-13-22-23(33-18)25(30-9-11-32-12-10-30)28-24(27-22)20-4-1-5-21-19(20)6-7-26-21/h1,4-7,13,17,26,31H,2-3,8-12,14-16H2. The van der Waals surface area contributed by atoms with E-state index in [1.165, 1.54) is 4.88 Å². The Morgan fingerprint density at radius 2 is 2.06 bits per heavy atom. The maximum absolute atomic E-state index is 9.61. The SMILES string of the molecule is OCC1CCCN(Cc2cc3nc(-c4cccc5[nH]ccc45)nc(N4CCOCC4)c3s2)C1. The van der Waals surface area contributed by atoms with Gasteiger partial charge < -0.3 is 19.7 Å². The number of nitrogens with one attached hydrogen (secondary N) is 1. The van der Waals surface area contributed by atoms with Crippen molar-refractivity contribution >= 4 is 38.3 Å². The van der Waals surface area contributed by atoms with E-state index in [1.54, 1.807) is 0 Å². The molecule has 0 saturated carbocycles. The minimum atomic E-state index is 0.281. The lowest BCUT2D eigenvalue weighted by Gasteiger charge is -2.31. The second-order valence-corrected chi connectivity index (χ2v) is 10.2. The van der Waals surface area contributed by atoms with Crippen LogP contribution in [0.4, 0.5) is 5.82 Å². The molecule has 2 saturated heterocycles. The Hall–Kier alpha value is -2.52. The fourth-order valence-corrected chi connectivity index (χ4v) is 6.25. The fraction of sp³-hybridized carbons (Fsp3) is 0.440. The number of anilines is 1. The molecule has 2 aliphatic heterocycles. The maximum atomic E-state index is 9.61. The summed E-state index contributed by atoms with van der Waals surface area (Å²) in [5.41, 5.74) is 3.17. The van der Waals surface area contributed by atoms with Crippen LogP contribution < -0.4 is 4.90 Å². The van der Waals surface area contributed by atoms with Gasteiger partial charge in [-0.3, -0.25) is 4.90 Å². The van der Waals surface area contributed by atoms with E-state index in [0.717, 1.165) is 97.1 Å². The summed E-state index contributed by atoms with van der Waals surface area (Å²) in [4.78, 5) is 19.6. The number of thiophene rings is 1. The van der Waals surface area contributed by atoms with Crippen molar-refractivity contribution in [2.24, 2.45) is 5.92 Å². The summed E-state index contributed by atoms with van der Waals surface area (Å²) in [6, 6.07) is 10.6. The monoisotopic (exact) mass is 463 g/mol. The third kappa shape index (κ3) is 4.12. The van der Waals surface area contributed by atoms with Crippen molar-refractivity contribution in [3.05, 3.63) is 41.4 Å². The normalized spacial score (nSPS) is 20.2. The van der Waals surface area contributed by atoms with Crippen LogP contribution in [0.1, 0.15) is 17.7 Å². The predicted molar refractivity (Wildman–Crippen MR) is 133 cm³/mol. The molecule has 0 aliphatic carbocycles. The molecule has 8 heteroatoms. The summed E-state index contributed by atoms with van der Waals surface area (Å²) >= 11 is 1.81. The minimum absolute atomic E-state index is 0.281. The van der Waals surface area contributed by atoms with E-state index in [2.05, 4.69) is 45.1 Å². The van der Waals surface area contributed by atoms with Crippen LogP contribution in [0.15, 0.2) is 36.5 Å². The molecular weight excluding hydrogens is 434 g/mol. The van der Waals surface area contributed by atoms with E-state index < -0.39 is 0 Å². The van der Waals surface area contributed by atoms with Crippen molar-refractivity contribution in [3.8, 4) is 11.4 Å². The Kier molecular flexibility index (Phi) is 5.75. The summed E-state index contributed by atoms with van der Waals surface area (Å²) in [5, 5.41) is 10.8. The first-order valence-corrected chi connectivity index (χ1v) is 12.6. The van der Waals surface area contributed by atoms with Gasteiger partial charge in [-0.25, -0.2) is 9.97 Å². The molecule has 0 bridgehead atoms. The van der Waals surface area contributed by atoms with Crippen molar-refractivity contribution in [1.82, 2.24) is 19.9 Å². The number of aliphatic hydroxyl groups excluding tert-OH is 1. The molecule has 0 spiro atoms. The number of hydrogen-bond acceptors (Lipinski definition) is 7. The summed E-state index contributed by atoms with van der Waals surface area (Å²) in [6.45, 7) is 6.38. The zero-order valence-corrected chi connectivity index (χ0v) is 19.5. The number of morpholine rings is 1. The lowest BCUT2D eigenvalue weighted by atomic mass is 9.99. The van der Waals surface area contributed by atoms with Crippen LogP contribution in [0, 0.1) is 5.92 Å². The molecule has 0 radical (unpaired) electrons. The largest absolute Gasteiger partial charge is 0.396 e. The number of aliphatic hydroxyl groups is 1.